The lowest BCUT2D eigenvalue weighted by atomic mass is 9.99. The van der Waals surface area contributed by atoms with Crippen LogP contribution in [0.2, 0.25) is 0 Å². The number of likely N-dealkylation sites (tertiary alicyclic amines) is 1. The number of carbonyl (C=O) groups is 2. The molecule has 1 rings (SSSR count). The van der Waals surface area contributed by atoms with Crippen molar-refractivity contribution >= 4 is 11.9 Å². The van der Waals surface area contributed by atoms with Gasteiger partial charge in [-0.2, -0.15) is 0 Å². The van der Waals surface area contributed by atoms with Gasteiger partial charge in [-0.3, -0.25) is 15.0 Å². The number of piperidine rings is 1. The van der Waals surface area contributed by atoms with Crippen LogP contribution in [-0.4, -0.2) is 54.6 Å². The molecular formula is C15H30N4O2. The minimum absolute atomic E-state index is 0.225. The summed E-state index contributed by atoms with van der Waals surface area (Å²) in [5.41, 5.74) is 0. The fourth-order valence-electron chi connectivity index (χ4n) is 2.70. The average molecular weight is 298 g/mol. The highest BCUT2D eigenvalue weighted by Crippen LogP contribution is 2.19. The first-order valence-corrected chi connectivity index (χ1v) is 8.03. The maximum Gasteiger partial charge on any atom is 0.321 e. The minimum atomic E-state index is -0.414. The Bertz CT molecular complexity index is 347. The molecule has 1 fully saturated rings. The number of nitrogens with zero attached hydrogens (tertiary/aromatic N) is 1. The van der Waals surface area contributed by atoms with E-state index in [-0.39, 0.29) is 11.9 Å². The molecule has 3 amide bonds. The molecular weight excluding hydrogens is 268 g/mol. The van der Waals surface area contributed by atoms with Gasteiger partial charge in [0.1, 0.15) is 0 Å². The van der Waals surface area contributed by atoms with Gasteiger partial charge in [-0.05, 0) is 33.2 Å². The first kappa shape index (κ1) is 17.9. The fourth-order valence-corrected chi connectivity index (χ4v) is 2.70. The van der Waals surface area contributed by atoms with E-state index in [9.17, 15) is 9.59 Å². The molecule has 0 aromatic rings. The molecule has 0 radical (unpaired) electrons. The molecule has 0 bridgehead atoms. The standard InChI is InChI=1S/C15H30N4O2/c1-5-16-15(21)18-14(20)12(4)19-9-7-6-8-13(19)10-17-11(2)3/h11-13,17H,5-10H2,1-4H3,(H2,16,18,20,21). The van der Waals surface area contributed by atoms with Gasteiger partial charge in [-0.1, -0.05) is 20.3 Å². The molecule has 0 aliphatic carbocycles. The molecule has 1 aliphatic heterocycles. The summed E-state index contributed by atoms with van der Waals surface area (Å²) < 4.78 is 0. The molecule has 2 unspecified atom stereocenters. The fraction of sp³-hybridized carbons (Fsp3) is 0.867. The molecule has 6 nitrogen and oxygen atoms in total. The van der Waals surface area contributed by atoms with Gasteiger partial charge in [0.15, 0.2) is 0 Å². The summed E-state index contributed by atoms with van der Waals surface area (Å²) in [6.45, 7) is 10.3. The van der Waals surface area contributed by atoms with Crippen molar-refractivity contribution in [2.24, 2.45) is 0 Å². The number of urea groups is 1. The Hall–Kier alpha value is -1.14. The van der Waals surface area contributed by atoms with E-state index in [2.05, 4.69) is 34.7 Å². The third kappa shape index (κ3) is 6.01. The van der Waals surface area contributed by atoms with Crippen LogP contribution in [0, 0.1) is 0 Å². The molecule has 6 heteroatoms. The largest absolute Gasteiger partial charge is 0.338 e. The third-order valence-corrected chi connectivity index (χ3v) is 3.89. The molecule has 2 atom stereocenters. The van der Waals surface area contributed by atoms with Gasteiger partial charge in [0, 0.05) is 25.2 Å². The molecule has 0 aromatic heterocycles. The predicted octanol–water partition coefficient (Wildman–Crippen LogP) is 1.07. The van der Waals surface area contributed by atoms with Gasteiger partial charge in [0.2, 0.25) is 5.91 Å². The highest BCUT2D eigenvalue weighted by molar-refractivity contribution is 5.96. The van der Waals surface area contributed by atoms with Crippen molar-refractivity contribution in [2.75, 3.05) is 19.6 Å². The summed E-state index contributed by atoms with van der Waals surface area (Å²) in [5.74, 6) is -0.225. The topological polar surface area (TPSA) is 73.5 Å². The van der Waals surface area contributed by atoms with E-state index in [0.29, 0.717) is 18.6 Å². The molecule has 122 valence electrons. The predicted molar refractivity (Wildman–Crippen MR) is 84.2 cm³/mol. The molecule has 1 heterocycles. The summed E-state index contributed by atoms with van der Waals surface area (Å²) in [4.78, 5) is 25.9. The van der Waals surface area contributed by atoms with Crippen LogP contribution in [0.25, 0.3) is 0 Å². The number of hydrogen-bond donors (Lipinski definition) is 3. The van der Waals surface area contributed by atoms with Crippen LogP contribution in [0.3, 0.4) is 0 Å². The van der Waals surface area contributed by atoms with Gasteiger partial charge in [-0.15, -0.1) is 0 Å². The summed E-state index contributed by atoms with van der Waals surface area (Å²) in [6, 6.07) is 0.0967. The molecule has 3 N–H and O–H groups in total. The Labute approximate surface area is 128 Å². The molecule has 0 aromatic carbocycles. The number of hydrogen-bond acceptors (Lipinski definition) is 4. The zero-order chi connectivity index (χ0) is 15.8. The first-order chi connectivity index (χ1) is 9.95. The van der Waals surface area contributed by atoms with E-state index in [1.807, 2.05) is 13.8 Å². The van der Waals surface area contributed by atoms with Crippen LogP contribution in [0.15, 0.2) is 0 Å². The summed E-state index contributed by atoms with van der Waals surface area (Å²) in [7, 11) is 0. The summed E-state index contributed by atoms with van der Waals surface area (Å²) >= 11 is 0. The quantitative estimate of drug-likeness (QED) is 0.686. The highest BCUT2D eigenvalue weighted by atomic mass is 16.2. The second kappa shape index (κ2) is 9.00. The average Bonchev–Trinajstić information content (AvgIpc) is 2.44. The number of carbonyl (C=O) groups excluding carboxylic acids is 2. The molecule has 1 saturated heterocycles. The van der Waals surface area contributed by atoms with E-state index in [1.165, 1.54) is 6.42 Å². The van der Waals surface area contributed by atoms with Gasteiger partial charge in [0.05, 0.1) is 6.04 Å². The lowest BCUT2D eigenvalue weighted by Crippen LogP contribution is -2.56. The van der Waals surface area contributed by atoms with E-state index in [1.54, 1.807) is 0 Å². The van der Waals surface area contributed by atoms with Gasteiger partial charge < -0.3 is 10.6 Å². The van der Waals surface area contributed by atoms with Crippen molar-refractivity contribution in [2.45, 2.75) is 65.1 Å². The molecule has 1 aliphatic rings. The Morgan fingerprint density at radius 1 is 1.24 bits per heavy atom. The normalized spacial score (nSPS) is 21.1. The third-order valence-electron chi connectivity index (χ3n) is 3.89. The maximum absolute atomic E-state index is 12.2. The monoisotopic (exact) mass is 298 g/mol. The molecule has 21 heavy (non-hydrogen) atoms. The molecule has 0 saturated carbocycles. The van der Waals surface area contributed by atoms with Gasteiger partial charge >= 0.3 is 6.03 Å². The van der Waals surface area contributed by atoms with Crippen LogP contribution in [0.1, 0.15) is 47.0 Å². The van der Waals surface area contributed by atoms with Crippen LogP contribution < -0.4 is 16.0 Å². The van der Waals surface area contributed by atoms with Crippen LogP contribution >= 0.6 is 0 Å². The minimum Gasteiger partial charge on any atom is -0.338 e. The second-order valence-electron chi connectivity index (χ2n) is 5.98. The SMILES string of the molecule is CCNC(=O)NC(=O)C(C)N1CCCCC1CNC(C)C. The van der Waals surface area contributed by atoms with Gasteiger partial charge in [0.25, 0.3) is 0 Å². The lowest BCUT2D eigenvalue weighted by molar-refractivity contribution is -0.126. The van der Waals surface area contributed by atoms with E-state index < -0.39 is 6.03 Å². The van der Waals surface area contributed by atoms with E-state index in [0.717, 1.165) is 25.9 Å². The van der Waals surface area contributed by atoms with Crippen molar-refractivity contribution in [1.29, 1.82) is 0 Å². The number of rotatable bonds is 6. The molecule has 0 spiro atoms. The lowest BCUT2D eigenvalue weighted by Gasteiger charge is -2.39. The Morgan fingerprint density at radius 2 is 1.95 bits per heavy atom. The van der Waals surface area contributed by atoms with Crippen LogP contribution in [0.5, 0.6) is 0 Å². The zero-order valence-corrected chi connectivity index (χ0v) is 13.7. The van der Waals surface area contributed by atoms with E-state index in [4.69, 9.17) is 0 Å². The van der Waals surface area contributed by atoms with Crippen molar-refractivity contribution in [3.8, 4) is 0 Å². The Kier molecular flexibility index (Phi) is 7.67. The summed E-state index contributed by atoms with van der Waals surface area (Å²) in [6.07, 6.45) is 3.40. The van der Waals surface area contributed by atoms with Crippen molar-refractivity contribution in [3.05, 3.63) is 0 Å². The smallest absolute Gasteiger partial charge is 0.321 e. The first-order valence-electron chi connectivity index (χ1n) is 8.03. The van der Waals surface area contributed by atoms with Crippen molar-refractivity contribution in [1.82, 2.24) is 20.9 Å². The maximum atomic E-state index is 12.2. The van der Waals surface area contributed by atoms with E-state index >= 15 is 0 Å². The number of amides is 3. The van der Waals surface area contributed by atoms with Gasteiger partial charge in [-0.25, -0.2) is 4.79 Å². The summed E-state index contributed by atoms with van der Waals surface area (Å²) in [5, 5.41) is 8.44. The number of imide groups is 1. The number of nitrogens with one attached hydrogen (secondary N) is 3. The Balaban J connectivity index is 2.56. The van der Waals surface area contributed by atoms with Crippen molar-refractivity contribution < 1.29 is 9.59 Å². The second-order valence-corrected chi connectivity index (χ2v) is 5.98. The van der Waals surface area contributed by atoms with Crippen LogP contribution in [0.4, 0.5) is 4.79 Å². The van der Waals surface area contributed by atoms with Crippen LogP contribution in [-0.2, 0) is 4.79 Å². The van der Waals surface area contributed by atoms with Crippen molar-refractivity contribution in [3.63, 3.8) is 0 Å². The highest BCUT2D eigenvalue weighted by Gasteiger charge is 2.30. The Morgan fingerprint density at radius 3 is 2.57 bits per heavy atom. The zero-order valence-electron chi connectivity index (χ0n) is 13.7.